The zero-order valence-electron chi connectivity index (χ0n) is 15.9. The second kappa shape index (κ2) is 7.82. The molecule has 2 aromatic carbocycles. The number of aliphatic hydroxyl groups excluding tert-OH is 1. The minimum atomic E-state index is -0.937. The molecular formula is C24H19NO4S. The molecule has 2 N–H and O–H groups in total. The van der Waals surface area contributed by atoms with Gasteiger partial charge in [-0.05, 0) is 35.7 Å². The normalized spacial score (nSPS) is 13.8. The predicted molar refractivity (Wildman–Crippen MR) is 115 cm³/mol. The molecule has 0 radical (unpaired) electrons. The van der Waals surface area contributed by atoms with Crippen molar-refractivity contribution in [1.29, 1.82) is 0 Å². The van der Waals surface area contributed by atoms with Crippen LogP contribution in [0, 0.1) is 0 Å². The molecule has 2 aromatic heterocycles. The molecule has 5 nitrogen and oxygen atoms in total. The van der Waals surface area contributed by atoms with Gasteiger partial charge in [-0.15, -0.1) is 11.3 Å². The Balaban J connectivity index is 1.34. The monoisotopic (exact) mass is 417 g/mol. The molecule has 0 bridgehead atoms. The molecule has 5 rings (SSSR count). The third-order valence-electron chi connectivity index (χ3n) is 5.13. The highest BCUT2D eigenvalue weighted by Crippen LogP contribution is 2.43. The molecule has 1 amide bonds. The van der Waals surface area contributed by atoms with Crippen molar-refractivity contribution in [2.24, 2.45) is 0 Å². The average Bonchev–Trinajstić information content (AvgIpc) is 3.47. The summed E-state index contributed by atoms with van der Waals surface area (Å²) in [6.07, 6.45) is -0.937. The van der Waals surface area contributed by atoms with Gasteiger partial charge in [0.2, 0.25) is 5.91 Å². The van der Waals surface area contributed by atoms with Gasteiger partial charge in [0.05, 0.1) is 17.3 Å². The van der Waals surface area contributed by atoms with Crippen LogP contribution < -0.4 is 10.1 Å². The molecule has 0 spiro atoms. The van der Waals surface area contributed by atoms with Gasteiger partial charge in [0.15, 0.2) is 0 Å². The van der Waals surface area contributed by atoms with Crippen LogP contribution in [0.2, 0.25) is 0 Å². The molecular weight excluding hydrogens is 398 g/mol. The number of amides is 1. The number of carbonyl (C=O) groups is 1. The lowest BCUT2D eigenvalue weighted by molar-refractivity contribution is -0.122. The van der Waals surface area contributed by atoms with Gasteiger partial charge in [-0.25, -0.2) is 0 Å². The van der Waals surface area contributed by atoms with Crippen LogP contribution in [0.5, 0.6) is 11.5 Å². The third-order valence-corrected chi connectivity index (χ3v) is 6.02. The topological polar surface area (TPSA) is 71.7 Å². The maximum Gasteiger partial charge on any atom is 0.232 e. The van der Waals surface area contributed by atoms with Gasteiger partial charge in [-0.2, -0.15) is 0 Å². The summed E-state index contributed by atoms with van der Waals surface area (Å²) in [6, 6.07) is 22.5. The van der Waals surface area contributed by atoms with E-state index in [9.17, 15) is 9.90 Å². The molecule has 4 aromatic rings. The minimum absolute atomic E-state index is 0.0535. The van der Waals surface area contributed by atoms with Crippen molar-refractivity contribution in [3.05, 3.63) is 95.1 Å². The molecule has 0 saturated carbocycles. The minimum Gasteiger partial charge on any atom is -0.457 e. The average molecular weight is 417 g/mol. The Morgan fingerprint density at radius 2 is 1.67 bits per heavy atom. The van der Waals surface area contributed by atoms with Crippen LogP contribution in [0.4, 0.5) is 0 Å². The van der Waals surface area contributed by atoms with Gasteiger partial charge >= 0.3 is 0 Å². The zero-order valence-corrected chi connectivity index (χ0v) is 16.8. The largest absolute Gasteiger partial charge is 0.457 e. The van der Waals surface area contributed by atoms with Crippen molar-refractivity contribution in [1.82, 2.24) is 5.32 Å². The Kier molecular flexibility index (Phi) is 4.86. The first-order valence-corrected chi connectivity index (χ1v) is 10.5. The second-order valence-electron chi connectivity index (χ2n) is 7.05. The van der Waals surface area contributed by atoms with Crippen LogP contribution in [0.1, 0.15) is 28.9 Å². The number of furan rings is 1. The number of carbonyl (C=O) groups excluding carboxylic acids is 1. The number of hydrogen-bond acceptors (Lipinski definition) is 5. The third kappa shape index (κ3) is 3.40. The van der Waals surface area contributed by atoms with Gasteiger partial charge in [0.1, 0.15) is 29.1 Å². The molecule has 1 aliphatic heterocycles. The standard InChI is InChI=1S/C24H19NO4S/c26-17(20-11-12-21(29-20)22-10-5-13-30-22)14-25-24(27)23-15-6-1-3-8-18(15)28-19-9-4-2-7-16(19)23/h1-13,17,23,26H,14H2,(H,25,27). The molecule has 1 aliphatic rings. The summed E-state index contributed by atoms with van der Waals surface area (Å²) in [7, 11) is 0. The first kappa shape index (κ1) is 18.7. The van der Waals surface area contributed by atoms with E-state index in [4.69, 9.17) is 9.15 Å². The highest BCUT2D eigenvalue weighted by molar-refractivity contribution is 7.13. The van der Waals surface area contributed by atoms with E-state index < -0.39 is 12.0 Å². The number of hydrogen-bond donors (Lipinski definition) is 2. The van der Waals surface area contributed by atoms with Crippen molar-refractivity contribution in [3.8, 4) is 22.1 Å². The number of benzene rings is 2. The van der Waals surface area contributed by atoms with E-state index in [1.54, 1.807) is 17.4 Å². The van der Waals surface area contributed by atoms with Gasteiger partial charge in [0, 0.05) is 11.1 Å². The Hall–Kier alpha value is -3.35. The van der Waals surface area contributed by atoms with Crippen molar-refractivity contribution < 1.29 is 19.1 Å². The van der Waals surface area contributed by atoms with Crippen molar-refractivity contribution >= 4 is 17.2 Å². The number of rotatable bonds is 5. The highest BCUT2D eigenvalue weighted by atomic mass is 32.1. The quantitative estimate of drug-likeness (QED) is 0.474. The lowest BCUT2D eigenvalue weighted by Gasteiger charge is -2.27. The maximum atomic E-state index is 13.1. The molecule has 0 aliphatic carbocycles. The lowest BCUT2D eigenvalue weighted by Crippen LogP contribution is -2.34. The Morgan fingerprint density at radius 3 is 2.33 bits per heavy atom. The van der Waals surface area contributed by atoms with Crippen LogP contribution in [0.25, 0.3) is 10.6 Å². The summed E-state index contributed by atoms with van der Waals surface area (Å²) < 4.78 is 11.7. The molecule has 150 valence electrons. The molecule has 1 unspecified atom stereocenters. The number of ether oxygens (including phenoxy) is 1. The van der Waals surface area contributed by atoms with E-state index in [2.05, 4.69) is 5.32 Å². The molecule has 6 heteroatoms. The van der Waals surface area contributed by atoms with E-state index in [0.29, 0.717) is 23.0 Å². The number of para-hydroxylation sites is 2. The van der Waals surface area contributed by atoms with E-state index >= 15 is 0 Å². The SMILES string of the molecule is O=C(NCC(O)c1ccc(-c2cccs2)o1)C1c2ccccc2Oc2ccccc21. The lowest BCUT2D eigenvalue weighted by atomic mass is 9.87. The summed E-state index contributed by atoms with van der Waals surface area (Å²) >= 11 is 1.57. The van der Waals surface area contributed by atoms with Crippen LogP contribution >= 0.6 is 11.3 Å². The zero-order chi connectivity index (χ0) is 20.5. The van der Waals surface area contributed by atoms with Crippen LogP contribution in [0.15, 0.2) is 82.6 Å². The van der Waals surface area contributed by atoms with E-state index in [1.807, 2.05) is 72.1 Å². The summed E-state index contributed by atoms with van der Waals surface area (Å²) in [4.78, 5) is 14.1. The fraction of sp³-hybridized carbons (Fsp3) is 0.125. The summed E-state index contributed by atoms with van der Waals surface area (Å²) in [5, 5.41) is 15.4. The Morgan fingerprint density at radius 1 is 0.967 bits per heavy atom. The smallest absolute Gasteiger partial charge is 0.232 e. The van der Waals surface area contributed by atoms with E-state index in [-0.39, 0.29) is 12.5 Å². The van der Waals surface area contributed by atoms with Crippen LogP contribution in [0.3, 0.4) is 0 Å². The summed E-state index contributed by atoms with van der Waals surface area (Å²) in [5.74, 6) is 1.77. The number of nitrogens with one attached hydrogen (secondary N) is 1. The summed E-state index contributed by atoms with van der Waals surface area (Å²) in [6.45, 7) is 0.0535. The molecule has 30 heavy (non-hydrogen) atoms. The molecule has 0 saturated heterocycles. The van der Waals surface area contributed by atoms with Crippen LogP contribution in [-0.2, 0) is 4.79 Å². The van der Waals surface area contributed by atoms with E-state index in [0.717, 1.165) is 16.0 Å². The van der Waals surface area contributed by atoms with Crippen LogP contribution in [-0.4, -0.2) is 17.6 Å². The number of fused-ring (bicyclic) bond motifs is 2. The fourth-order valence-corrected chi connectivity index (χ4v) is 4.36. The van der Waals surface area contributed by atoms with Gasteiger partial charge in [-0.1, -0.05) is 42.5 Å². The second-order valence-corrected chi connectivity index (χ2v) is 8.00. The van der Waals surface area contributed by atoms with Gasteiger partial charge < -0.3 is 19.6 Å². The van der Waals surface area contributed by atoms with Gasteiger partial charge in [-0.3, -0.25) is 4.79 Å². The first-order chi connectivity index (χ1) is 14.7. The Bertz CT molecular complexity index is 1140. The van der Waals surface area contributed by atoms with Crippen molar-refractivity contribution in [2.45, 2.75) is 12.0 Å². The molecule has 3 heterocycles. The van der Waals surface area contributed by atoms with Crippen molar-refractivity contribution in [2.75, 3.05) is 6.54 Å². The van der Waals surface area contributed by atoms with E-state index in [1.165, 1.54) is 0 Å². The Labute approximate surface area is 177 Å². The summed E-state index contributed by atoms with van der Waals surface area (Å²) in [5.41, 5.74) is 1.61. The number of thiophene rings is 1. The highest BCUT2D eigenvalue weighted by Gasteiger charge is 2.32. The van der Waals surface area contributed by atoms with Crippen molar-refractivity contribution in [3.63, 3.8) is 0 Å². The fourth-order valence-electron chi connectivity index (χ4n) is 3.68. The number of aliphatic hydroxyl groups is 1. The molecule has 0 fully saturated rings. The first-order valence-electron chi connectivity index (χ1n) is 9.66. The van der Waals surface area contributed by atoms with Gasteiger partial charge in [0.25, 0.3) is 0 Å². The maximum absolute atomic E-state index is 13.1. The molecule has 1 atom stereocenters. The predicted octanol–water partition coefficient (Wildman–Crippen LogP) is 5.10.